The SMILES string of the molecule is CN(C)C(CO)(CO)Cc1ccc(Cc2ccccc2)cc1. The summed E-state index contributed by atoms with van der Waals surface area (Å²) in [5.41, 5.74) is 3.07. The lowest BCUT2D eigenvalue weighted by Crippen LogP contribution is -2.52. The quantitative estimate of drug-likeness (QED) is 0.823. The van der Waals surface area contributed by atoms with Gasteiger partial charge in [-0.1, -0.05) is 54.6 Å². The number of aliphatic hydroxyl groups excluding tert-OH is 2. The summed E-state index contributed by atoms with van der Waals surface area (Å²) in [6.07, 6.45) is 1.54. The summed E-state index contributed by atoms with van der Waals surface area (Å²) in [6.45, 7) is -0.134. The topological polar surface area (TPSA) is 43.7 Å². The molecule has 0 unspecified atom stereocenters. The maximum absolute atomic E-state index is 9.66. The normalized spacial score (nSPS) is 11.9. The van der Waals surface area contributed by atoms with E-state index in [2.05, 4.69) is 48.5 Å². The molecule has 0 aliphatic heterocycles. The maximum Gasteiger partial charge on any atom is 0.0708 e. The zero-order chi connectivity index (χ0) is 16.0. The standard InChI is InChI=1S/C19H25NO2/c1-20(2)19(14-21,15-22)13-18-10-8-17(9-11-18)12-16-6-4-3-5-7-16/h3-11,21-22H,12-15H2,1-2H3. The van der Waals surface area contributed by atoms with E-state index in [1.165, 1.54) is 11.1 Å². The first-order chi connectivity index (χ1) is 10.6. The lowest BCUT2D eigenvalue weighted by Gasteiger charge is -2.36. The predicted molar refractivity (Wildman–Crippen MR) is 90.0 cm³/mol. The Hall–Kier alpha value is -1.68. The van der Waals surface area contributed by atoms with Gasteiger partial charge in [0, 0.05) is 0 Å². The van der Waals surface area contributed by atoms with E-state index in [1.807, 2.05) is 25.1 Å². The van der Waals surface area contributed by atoms with Crippen molar-refractivity contribution in [2.75, 3.05) is 27.3 Å². The predicted octanol–water partition coefficient (Wildman–Crippen LogP) is 2.10. The molecular formula is C19H25NO2. The molecule has 0 bridgehead atoms. The molecule has 118 valence electrons. The molecule has 0 aliphatic rings. The Morgan fingerprint density at radius 2 is 1.27 bits per heavy atom. The van der Waals surface area contributed by atoms with E-state index >= 15 is 0 Å². The molecule has 0 spiro atoms. The van der Waals surface area contributed by atoms with Crippen molar-refractivity contribution in [3.8, 4) is 0 Å². The van der Waals surface area contributed by atoms with Crippen LogP contribution in [0.5, 0.6) is 0 Å². The number of rotatable bonds is 7. The van der Waals surface area contributed by atoms with Gasteiger partial charge in [-0.15, -0.1) is 0 Å². The minimum atomic E-state index is -0.610. The molecule has 22 heavy (non-hydrogen) atoms. The Morgan fingerprint density at radius 1 is 0.773 bits per heavy atom. The highest BCUT2D eigenvalue weighted by atomic mass is 16.3. The van der Waals surface area contributed by atoms with E-state index in [1.54, 1.807) is 0 Å². The van der Waals surface area contributed by atoms with E-state index < -0.39 is 5.54 Å². The summed E-state index contributed by atoms with van der Waals surface area (Å²) >= 11 is 0. The number of benzene rings is 2. The van der Waals surface area contributed by atoms with Crippen LogP contribution in [0, 0.1) is 0 Å². The number of hydrogen-bond donors (Lipinski definition) is 2. The molecular weight excluding hydrogens is 274 g/mol. The van der Waals surface area contributed by atoms with Gasteiger partial charge in [-0.3, -0.25) is 4.90 Å². The van der Waals surface area contributed by atoms with Crippen molar-refractivity contribution in [1.82, 2.24) is 4.90 Å². The highest BCUT2D eigenvalue weighted by Crippen LogP contribution is 2.19. The number of nitrogens with zero attached hydrogens (tertiary/aromatic N) is 1. The fourth-order valence-electron chi connectivity index (χ4n) is 2.59. The first kappa shape index (κ1) is 16.7. The second-order valence-corrected chi connectivity index (χ2v) is 6.09. The Balaban J connectivity index is 2.08. The molecule has 0 atom stereocenters. The average Bonchev–Trinajstić information content (AvgIpc) is 2.55. The monoisotopic (exact) mass is 299 g/mol. The van der Waals surface area contributed by atoms with Crippen LogP contribution < -0.4 is 0 Å². The number of hydrogen-bond acceptors (Lipinski definition) is 3. The molecule has 0 amide bonds. The largest absolute Gasteiger partial charge is 0.394 e. The molecule has 2 aromatic rings. The Labute approximate surface area is 132 Å². The van der Waals surface area contributed by atoms with Crippen molar-refractivity contribution in [3.05, 3.63) is 71.3 Å². The molecule has 0 radical (unpaired) electrons. The highest BCUT2D eigenvalue weighted by molar-refractivity contribution is 5.29. The van der Waals surface area contributed by atoms with Crippen molar-refractivity contribution < 1.29 is 10.2 Å². The van der Waals surface area contributed by atoms with Gasteiger partial charge in [-0.05, 0) is 43.6 Å². The first-order valence-corrected chi connectivity index (χ1v) is 7.60. The molecule has 3 heteroatoms. The molecule has 0 fully saturated rings. The lowest BCUT2D eigenvalue weighted by atomic mass is 9.90. The molecule has 2 N–H and O–H groups in total. The summed E-state index contributed by atoms with van der Waals surface area (Å²) < 4.78 is 0. The van der Waals surface area contributed by atoms with Gasteiger partial charge in [0.05, 0.1) is 18.8 Å². The van der Waals surface area contributed by atoms with Crippen LogP contribution in [0.15, 0.2) is 54.6 Å². The van der Waals surface area contributed by atoms with Crippen LogP contribution in [0.3, 0.4) is 0 Å². The second kappa shape index (κ2) is 7.54. The second-order valence-electron chi connectivity index (χ2n) is 6.09. The van der Waals surface area contributed by atoms with Gasteiger partial charge in [-0.2, -0.15) is 0 Å². The van der Waals surface area contributed by atoms with Gasteiger partial charge >= 0.3 is 0 Å². The third-order valence-electron chi connectivity index (χ3n) is 4.34. The van der Waals surface area contributed by atoms with Gasteiger partial charge in [0.15, 0.2) is 0 Å². The van der Waals surface area contributed by atoms with Crippen LogP contribution in [0.2, 0.25) is 0 Å². The molecule has 2 aromatic carbocycles. The van der Waals surface area contributed by atoms with Crippen LogP contribution >= 0.6 is 0 Å². The maximum atomic E-state index is 9.66. The first-order valence-electron chi connectivity index (χ1n) is 7.60. The van der Waals surface area contributed by atoms with Crippen LogP contribution in [0.1, 0.15) is 16.7 Å². The van der Waals surface area contributed by atoms with E-state index in [4.69, 9.17) is 0 Å². The van der Waals surface area contributed by atoms with Crippen LogP contribution in [-0.2, 0) is 12.8 Å². The Bertz CT molecular complexity index is 560. The summed E-state index contributed by atoms with van der Waals surface area (Å²) in [6, 6.07) is 18.8. The van der Waals surface area contributed by atoms with E-state index in [0.29, 0.717) is 6.42 Å². The van der Waals surface area contributed by atoms with Gasteiger partial charge < -0.3 is 10.2 Å². The Kier molecular flexibility index (Phi) is 5.72. The van der Waals surface area contributed by atoms with Gasteiger partial charge in [0.25, 0.3) is 0 Å². The fraction of sp³-hybridized carbons (Fsp3) is 0.368. The average molecular weight is 299 g/mol. The van der Waals surface area contributed by atoms with E-state index in [-0.39, 0.29) is 13.2 Å². The highest BCUT2D eigenvalue weighted by Gasteiger charge is 2.31. The van der Waals surface area contributed by atoms with Gasteiger partial charge in [0.1, 0.15) is 0 Å². The molecule has 3 nitrogen and oxygen atoms in total. The lowest BCUT2D eigenvalue weighted by molar-refractivity contribution is 0.0169. The van der Waals surface area contributed by atoms with Crippen molar-refractivity contribution in [2.45, 2.75) is 18.4 Å². The minimum Gasteiger partial charge on any atom is -0.394 e. The fourth-order valence-corrected chi connectivity index (χ4v) is 2.59. The zero-order valence-electron chi connectivity index (χ0n) is 13.4. The molecule has 2 rings (SSSR count). The molecule has 0 aliphatic carbocycles. The van der Waals surface area contributed by atoms with Gasteiger partial charge in [-0.25, -0.2) is 0 Å². The van der Waals surface area contributed by atoms with Crippen molar-refractivity contribution in [1.29, 1.82) is 0 Å². The number of aliphatic hydroxyl groups is 2. The summed E-state index contributed by atoms with van der Waals surface area (Å²) in [5, 5.41) is 19.3. The summed E-state index contributed by atoms with van der Waals surface area (Å²) in [7, 11) is 3.77. The third-order valence-corrected chi connectivity index (χ3v) is 4.34. The van der Waals surface area contributed by atoms with Crippen LogP contribution in [-0.4, -0.2) is 48.0 Å². The van der Waals surface area contributed by atoms with Crippen LogP contribution in [0.4, 0.5) is 0 Å². The van der Waals surface area contributed by atoms with Crippen molar-refractivity contribution >= 4 is 0 Å². The molecule has 0 saturated heterocycles. The van der Waals surface area contributed by atoms with Crippen molar-refractivity contribution in [3.63, 3.8) is 0 Å². The van der Waals surface area contributed by atoms with E-state index in [9.17, 15) is 10.2 Å². The van der Waals surface area contributed by atoms with Crippen LogP contribution in [0.25, 0.3) is 0 Å². The van der Waals surface area contributed by atoms with Crippen molar-refractivity contribution in [2.24, 2.45) is 0 Å². The minimum absolute atomic E-state index is 0.0672. The summed E-state index contributed by atoms with van der Waals surface area (Å²) in [4.78, 5) is 1.89. The third kappa shape index (κ3) is 3.95. The Morgan fingerprint density at radius 3 is 1.77 bits per heavy atom. The van der Waals surface area contributed by atoms with Gasteiger partial charge in [0.2, 0.25) is 0 Å². The van der Waals surface area contributed by atoms with E-state index in [0.717, 1.165) is 12.0 Å². The molecule has 0 heterocycles. The molecule has 0 aromatic heterocycles. The number of likely N-dealkylation sites (N-methyl/N-ethyl adjacent to an activating group) is 1. The smallest absolute Gasteiger partial charge is 0.0708 e. The zero-order valence-corrected chi connectivity index (χ0v) is 13.4. The summed E-state index contributed by atoms with van der Waals surface area (Å²) in [5.74, 6) is 0. The molecule has 0 saturated carbocycles.